The number of benzene rings is 1. The number of methoxy groups -OCH3 is 1. The summed E-state index contributed by atoms with van der Waals surface area (Å²) < 4.78 is 17.7. The Morgan fingerprint density at radius 2 is 2.00 bits per heavy atom. The van der Waals surface area contributed by atoms with Crippen LogP contribution in [0.1, 0.15) is 24.8 Å². The number of hydrazine groups is 1. The molecule has 7 heteroatoms. The second-order valence-corrected chi connectivity index (χ2v) is 6.44. The van der Waals surface area contributed by atoms with Crippen LogP contribution in [0.3, 0.4) is 0 Å². The highest BCUT2D eigenvalue weighted by atomic mass is 19.1. The fourth-order valence-electron chi connectivity index (χ4n) is 3.62. The van der Waals surface area contributed by atoms with Gasteiger partial charge in [0.15, 0.2) is 0 Å². The molecule has 6 nitrogen and oxygen atoms in total. The van der Waals surface area contributed by atoms with Gasteiger partial charge in [-0.05, 0) is 37.0 Å². The number of nitrogens with one attached hydrogen (secondary N) is 3. The van der Waals surface area contributed by atoms with E-state index in [4.69, 9.17) is 4.74 Å². The van der Waals surface area contributed by atoms with Crippen molar-refractivity contribution in [3.8, 4) is 0 Å². The maximum absolute atomic E-state index is 12.9. The van der Waals surface area contributed by atoms with Crippen molar-refractivity contribution in [1.82, 2.24) is 16.2 Å². The number of fused-ring (bicyclic) bond motifs is 1. The first kappa shape index (κ1) is 16.9. The second kappa shape index (κ2) is 7.27. The van der Waals surface area contributed by atoms with Crippen LogP contribution >= 0.6 is 0 Å². The summed E-state index contributed by atoms with van der Waals surface area (Å²) in [5.41, 5.74) is 6.92. The van der Waals surface area contributed by atoms with Gasteiger partial charge in [-0.15, -0.1) is 0 Å². The normalized spacial score (nSPS) is 28.9. The minimum atomic E-state index is -0.378. The standard InChI is InChI=1S/C17H22FN3O3/c1-24-17(23)16-13-9-12(6-7-14(13)20-21-16)19-15(22)8-10-2-4-11(18)5-3-10/h2-5,12-14,16,20-21H,6-9H2,1H3,(H,19,22). The Hall–Kier alpha value is -1.99. The van der Waals surface area contributed by atoms with Crippen LogP contribution in [0, 0.1) is 11.7 Å². The minimum Gasteiger partial charge on any atom is -0.468 e. The Balaban J connectivity index is 1.55. The molecule has 24 heavy (non-hydrogen) atoms. The molecular formula is C17H22FN3O3. The van der Waals surface area contributed by atoms with Gasteiger partial charge in [-0.25, -0.2) is 9.82 Å². The van der Waals surface area contributed by atoms with E-state index in [9.17, 15) is 14.0 Å². The van der Waals surface area contributed by atoms with Gasteiger partial charge in [0.2, 0.25) is 5.91 Å². The van der Waals surface area contributed by atoms with Crippen LogP contribution in [-0.4, -0.2) is 37.1 Å². The molecule has 1 aromatic rings. The molecule has 1 heterocycles. The van der Waals surface area contributed by atoms with E-state index in [1.165, 1.54) is 19.2 Å². The van der Waals surface area contributed by atoms with Crippen LogP contribution in [0.2, 0.25) is 0 Å². The van der Waals surface area contributed by atoms with Crippen molar-refractivity contribution >= 4 is 11.9 Å². The van der Waals surface area contributed by atoms with E-state index in [1.807, 2.05) is 0 Å². The van der Waals surface area contributed by atoms with Gasteiger partial charge in [0.25, 0.3) is 0 Å². The molecule has 1 saturated carbocycles. The minimum absolute atomic E-state index is 0.0352. The second-order valence-electron chi connectivity index (χ2n) is 6.44. The highest BCUT2D eigenvalue weighted by molar-refractivity contribution is 5.79. The summed E-state index contributed by atoms with van der Waals surface area (Å²) in [5.74, 6) is -0.582. The molecular weight excluding hydrogens is 313 g/mol. The van der Waals surface area contributed by atoms with Crippen LogP contribution in [0.15, 0.2) is 24.3 Å². The molecule has 130 valence electrons. The molecule has 1 aliphatic carbocycles. The molecule has 3 N–H and O–H groups in total. The third-order valence-corrected chi connectivity index (χ3v) is 4.85. The molecule has 2 aliphatic rings. The van der Waals surface area contributed by atoms with E-state index >= 15 is 0 Å². The molecule has 0 radical (unpaired) electrons. The van der Waals surface area contributed by atoms with Crippen LogP contribution in [0.25, 0.3) is 0 Å². The topological polar surface area (TPSA) is 79.5 Å². The zero-order chi connectivity index (χ0) is 17.1. The lowest BCUT2D eigenvalue weighted by atomic mass is 9.79. The van der Waals surface area contributed by atoms with Gasteiger partial charge >= 0.3 is 5.97 Å². The quantitative estimate of drug-likeness (QED) is 0.705. The fourth-order valence-corrected chi connectivity index (χ4v) is 3.62. The molecule has 3 rings (SSSR count). The zero-order valence-corrected chi connectivity index (χ0v) is 13.5. The van der Waals surface area contributed by atoms with E-state index < -0.39 is 0 Å². The number of esters is 1. The zero-order valence-electron chi connectivity index (χ0n) is 13.5. The molecule has 2 fully saturated rings. The first-order valence-corrected chi connectivity index (χ1v) is 8.19. The lowest BCUT2D eigenvalue weighted by molar-refractivity contribution is -0.144. The molecule has 1 amide bonds. The highest BCUT2D eigenvalue weighted by Crippen LogP contribution is 2.31. The van der Waals surface area contributed by atoms with Gasteiger partial charge in [0.1, 0.15) is 11.9 Å². The number of carbonyl (C=O) groups excluding carboxylic acids is 2. The number of amides is 1. The summed E-state index contributed by atoms with van der Waals surface area (Å²) >= 11 is 0. The maximum Gasteiger partial charge on any atom is 0.324 e. The Labute approximate surface area is 140 Å². The monoisotopic (exact) mass is 335 g/mol. The van der Waals surface area contributed by atoms with Gasteiger partial charge in [0.05, 0.1) is 13.5 Å². The van der Waals surface area contributed by atoms with E-state index in [0.29, 0.717) is 0 Å². The van der Waals surface area contributed by atoms with Crippen LogP contribution < -0.4 is 16.2 Å². The lowest BCUT2D eigenvalue weighted by Gasteiger charge is -2.32. The average Bonchev–Trinajstić information content (AvgIpc) is 2.99. The third-order valence-electron chi connectivity index (χ3n) is 4.85. The van der Waals surface area contributed by atoms with Crippen molar-refractivity contribution in [2.75, 3.05) is 7.11 Å². The van der Waals surface area contributed by atoms with Crippen LogP contribution in [0.5, 0.6) is 0 Å². The van der Waals surface area contributed by atoms with Crippen molar-refractivity contribution in [2.45, 2.75) is 43.8 Å². The van der Waals surface area contributed by atoms with Gasteiger partial charge in [-0.2, -0.15) is 0 Å². The fraction of sp³-hybridized carbons (Fsp3) is 0.529. The Kier molecular flexibility index (Phi) is 5.11. The molecule has 4 atom stereocenters. The van der Waals surface area contributed by atoms with Crippen LogP contribution in [-0.2, 0) is 20.7 Å². The summed E-state index contributed by atoms with van der Waals surface area (Å²) in [6.45, 7) is 0. The van der Waals surface area contributed by atoms with Crippen molar-refractivity contribution < 1.29 is 18.7 Å². The number of halogens is 1. The summed E-state index contributed by atoms with van der Waals surface area (Å²) in [5, 5.41) is 3.03. The Bertz CT molecular complexity index is 608. The third kappa shape index (κ3) is 3.73. The number of hydrogen-bond acceptors (Lipinski definition) is 5. The predicted octanol–water partition coefficient (Wildman–Crippen LogP) is 0.671. The molecule has 1 aromatic carbocycles. The predicted molar refractivity (Wildman–Crippen MR) is 85.2 cm³/mol. The van der Waals surface area contributed by atoms with Crippen LogP contribution in [0.4, 0.5) is 4.39 Å². The van der Waals surface area contributed by atoms with Gasteiger partial charge < -0.3 is 10.1 Å². The first-order valence-electron chi connectivity index (χ1n) is 8.19. The Morgan fingerprint density at radius 1 is 1.25 bits per heavy atom. The van der Waals surface area contributed by atoms with Gasteiger partial charge in [-0.3, -0.25) is 15.0 Å². The van der Waals surface area contributed by atoms with E-state index in [1.54, 1.807) is 12.1 Å². The van der Waals surface area contributed by atoms with E-state index in [2.05, 4.69) is 16.2 Å². The largest absolute Gasteiger partial charge is 0.468 e. The first-order chi connectivity index (χ1) is 11.6. The van der Waals surface area contributed by atoms with Gasteiger partial charge in [0, 0.05) is 18.0 Å². The molecule has 0 spiro atoms. The maximum atomic E-state index is 12.9. The van der Waals surface area contributed by atoms with Crippen molar-refractivity contribution in [3.63, 3.8) is 0 Å². The van der Waals surface area contributed by atoms with Gasteiger partial charge in [-0.1, -0.05) is 12.1 Å². The summed E-state index contributed by atoms with van der Waals surface area (Å²) in [6, 6.07) is 5.81. The lowest BCUT2D eigenvalue weighted by Crippen LogP contribution is -2.46. The number of rotatable bonds is 4. The van der Waals surface area contributed by atoms with Crippen molar-refractivity contribution in [3.05, 3.63) is 35.6 Å². The summed E-state index contributed by atoms with van der Waals surface area (Å²) in [6.07, 6.45) is 2.69. The molecule has 1 aliphatic heterocycles. The SMILES string of the molecule is COC(=O)C1NNC2CCC(NC(=O)Cc3ccc(F)cc3)CC21. The number of hydrogen-bond donors (Lipinski definition) is 3. The summed E-state index contributed by atoms with van der Waals surface area (Å²) in [4.78, 5) is 24.0. The summed E-state index contributed by atoms with van der Waals surface area (Å²) in [7, 11) is 1.38. The van der Waals surface area contributed by atoms with E-state index in [0.717, 1.165) is 24.8 Å². The van der Waals surface area contributed by atoms with E-state index in [-0.39, 0.29) is 48.2 Å². The molecule has 1 saturated heterocycles. The molecule has 4 unspecified atom stereocenters. The molecule has 0 aromatic heterocycles. The number of carbonyl (C=O) groups is 2. The van der Waals surface area contributed by atoms with Crippen molar-refractivity contribution in [1.29, 1.82) is 0 Å². The molecule has 0 bridgehead atoms. The Morgan fingerprint density at radius 3 is 2.71 bits per heavy atom. The highest BCUT2D eigenvalue weighted by Gasteiger charge is 2.44. The number of ether oxygens (including phenoxy) is 1. The van der Waals surface area contributed by atoms with Crippen molar-refractivity contribution in [2.24, 2.45) is 5.92 Å². The smallest absolute Gasteiger partial charge is 0.324 e. The average molecular weight is 335 g/mol.